The maximum Gasteiger partial charge on any atom is 0.269 e. The Balaban J connectivity index is 0.000000861. The zero-order chi connectivity index (χ0) is 14.4. The van der Waals surface area contributed by atoms with Gasteiger partial charge < -0.3 is 10.6 Å². The lowest BCUT2D eigenvalue weighted by Crippen LogP contribution is -2.41. The molecule has 0 saturated heterocycles. The maximum absolute atomic E-state index is 11.8. The van der Waals surface area contributed by atoms with Crippen molar-refractivity contribution in [1.82, 2.24) is 5.32 Å². The second-order valence-electron chi connectivity index (χ2n) is 3.85. The van der Waals surface area contributed by atoms with Gasteiger partial charge in [0.25, 0.3) is 5.91 Å². The van der Waals surface area contributed by atoms with Crippen molar-refractivity contribution >= 4 is 23.2 Å². The number of carbonyl (C=O) groups excluding carboxylic acids is 2. The summed E-state index contributed by atoms with van der Waals surface area (Å²) in [4.78, 5) is 27.0. The number of rotatable bonds is 1. The summed E-state index contributed by atoms with van der Waals surface area (Å²) >= 11 is 0. The first kappa shape index (κ1) is 14.9. The molecule has 0 spiro atoms. The quantitative estimate of drug-likeness (QED) is 0.811. The third-order valence-electron chi connectivity index (χ3n) is 2.49. The van der Waals surface area contributed by atoms with Gasteiger partial charge in [0.15, 0.2) is 0 Å². The monoisotopic (exact) mass is 261 g/mol. The number of nitrogens with zero attached hydrogens (tertiary/aromatic N) is 1. The number of carbonyl (C=O) groups is 2. The third kappa shape index (κ3) is 3.64. The Morgan fingerprint density at radius 1 is 1.32 bits per heavy atom. The van der Waals surface area contributed by atoms with Crippen LogP contribution in [0.15, 0.2) is 29.3 Å². The summed E-state index contributed by atoms with van der Waals surface area (Å²) in [5.74, 6) is -0.614. The zero-order valence-electron chi connectivity index (χ0n) is 11.7. The third-order valence-corrected chi connectivity index (χ3v) is 2.49. The standard InChI is InChI=1S/C12H13N3O2.C2H6/c1-7-9-5-3-4-6-10(9)15-12(17)11(13-7)14-8(2)16;1-2/h3-6,11H,1-2H3,(H,14,16)(H,15,17);1-2H3. The molecule has 1 aliphatic heterocycles. The molecule has 0 aliphatic carbocycles. The van der Waals surface area contributed by atoms with Crippen LogP contribution in [0.1, 0.15) is 33.3 Å². The summed E-state index contributed by atoms with van der Waals surface area (Å²) in [5.41, 5.74) is 2.30. The largest absolute Gasteiger partial charge is 0.327 e. The van der Waals surface area contributed by atoms with Gasteiger partial charge in [-0.15, -0.1) is 0 Å². The van der Waals surface area contributed by atoms with E-state index in [2.05, 4.69) is 15.6 Å². The van der Waals surface area contributed by atoms with Crippen LogP contribution in [0.4, 0.5) is 5.69 Å². The highest BCUT2D eigenvalue weighted by Crippen LogP contribution is 2.19. The van der Waals surface area contributed by atoms with Gasteiger partial charge in [0, 0.05) is 23.9 Å². The summed E-state index contributed by atoms with van der Waals surface area (Å²) in [6.45, 7) is 7.17. The van der Waals surface area contributed by atoms with Crippen molar-refractivity contribution in [2.75, 3.05) is 5.32 Å². The van der Waals surface area contributed by atoms with Crippen LogP contribution in [0.2, 0.25) is 0 Å². The Morgan fingerprint density at radius 3 is 2.58 bits per heavy atom. The molecule has 102 valence electrons. The first-order valence-corrected chi connectivity index (χ1v) is 6.29. The van der Waals surface area contributed by atoms with Crippen molar-refractivity contribution in [3.05, 3.63) is 29.8 Å². The van der Waals surface area contributed by atoms with Gasteiger partial charge in [-0.05, 0) is 13.0 Å². The summed E-state index contributed by atoms with van der Waals surface area (Å²) in [7, 11) is 0. The molecule has 2 N–H and O–H groups in total. The van der Waals surface area contributed by atoms with Crippen LogP contribution in [-0.2, 0) is 9.59 Å². The van der Waals surface area contributed by atoms with E-state index in [1.54, 1.807) is 0 Å². The Labute approximate surface area is 113 Å². The molecule has 19 heavy (non-hydrogen) atoms. The number of fused-ring (bicyclic) bond motifs is 1. The zero-order valence-corrected chi connectivity index (χ0v) is 11.7. The SMILES string of the molecule is CC.CC(=O)NC1N=C(C)c2ccccc2NC1=O. The Hall–Kier alpha value is -2.17. The molecule has 0 radical (unpaired) electrons. The first-order chi connectivity index (χ1) is 9.08. The minimum absolute atomic E-state index is 0.285. The van der Waals surface area contributed by atoms with Crippen LogP contribution in [0, 0.1) is 0 Å². The average Bonchev–Trinajstić information content (AvgIpc) is 2.50. The predicted molar refractivity (Wildman–Crippen MR) is 76.2 cm³/mol. The van der Waals surface area contributed by atoms with Gasteiger partial charge in [-0.3, -0.25) is 14.6 Å². The van der Waals surface area contributed by atoms with Crippen molar-refractivity contribution in [3.63, 3.8) is 0 Å². The van der Waals surface area contributed by atoms with Crippen LogP contribution < -0.4 is 10.6 Å². The molecule has 0 saturated carbocycles. The molecular formula is C14H19N3O2. The molecule has 2 rings (SSSR count). The van der Waals surface area contributed by atoms with E-state index in [9.17, 15) is 9.59 Å². The van der Waals surface area contributed by atoms with Gasteiger partial charge in [-0.2, -0.15) is 0 Å². The van der Waals surface area contributed by atoms with Crippen molar-refractivity contribution in [1.29, 1.82) is 0 Å². The Morgan fingerprint density at radius 2 is 1.95 bits per heavy atom. The van der Waals surface area contributed by atoms with E-state index >= 15 is 0 Å². The second kappa shape index (κ2) is 6.68. The predicted octanol–water partition coefficient (Wildman–Crippen LogP) is 1.94. The first-order valence-electron chi connectivity index (χ1n) is 6.29. The van der Waals surface area contributed by atoms with E-state index < -0.39 is 6.17 Å². The number of para-hydroxylation sites is 1. The van der Waals surface area contributed by atoms with Crippen LogP contribution in [0.5, 0.6) is 0 Å². The highest BCUT2D eigenvalue weighted by Gasteiger charge is 2.23. The summed E-state index contributed by atoms with van der Waals surface area (Å²) in [6.07, 6.45) is -0.861. The molecule has 1 aliphatic rings. The topological polar surface area (TPSA) is 70.6 Å². The van der Waals surface area contributed by atoms with Gasteiger partial charge in [-0.25, -0.2) is 0 Å². The number of hydrogen-bond acceptors (Lipinski definition) is 3. The Kier molecular flexibility index (Phi) is 5.23. The lowest BCUT2D eigenvalue weighted by Gasteiger charge is -2.10. The van der Waals surface area contributed by atoms with Crippen molar-refractivity contribution in [2.24, 2.45) is 4.99 Å². The second-order valence-corrected chi connectivity index (χ2v) is 3.85. The number of benzodiazepines with no additional fused rings is 1. The van der Waals surface area contributed by atoms with Gasteiger partial charge >= 0.3 is 0 Å². The van der Waals surface area contributed by atoms with E-state index in [-0.39, 0.29) is 11.8 Å². The molecule has 1 aromatic carbocycles. The van der Waals surface area contributed by atoms with E-state index in [1.165, 1.54) is 6.92 Å². The highest BCUT2D eigenvalue weighted by atomic mass is 16.2. The Bertz CT molecular complexity index is 509. The van der Waals surface area contributed by atoms with E-state index in [0.717, 1.165) is 11.3 Å². The molecule has 0 fully saturated rings. The maximum atomic E-state index is 11.8. The van der Waals surface area contributed by atoms with Crippen LogP contribution in [0.25, 0.3) is 0 Å². The number of nitrogens with one attached hydrogen (secondary N) is 2. The van der Waals surface area contributed by atoms with E-state index in [0.29, 0.717) is 5.69 Å². The van der Waals surface area contributed by atoms with Gasteiger partial charge in [-0.1, -0.05) is 32.0 Å². The molecule has 1 aromatic rings. The smallest absolute Gasteiger partial charge is 0.269 e. The fourth-order valence-electron chi connectivity index (χ4n) is 1.72. The summed E-state index contributed by atoms with van der Waals surface area (Å²) < 4.78 is 0. The fraction of sp³-hybridized carbons (Fsp3) is 0.357. The van der Waals surface area contributed by atoms with Crippen molar-refractivity contribution in [3.8, 4) is 0 Å². The van der Waals surface area contributed by atoms with Crippen LogP contribution >= 0.6 is 0 Å². The minimum Gasteiger partial charge on any atom is -0.327 e. The number of hydrogen-bond donors (Lipinski definition) is 2. The van der Waals surface area contributed by atoms with Crippen LogP contribution in [-0.4, -0.2) is 23.7 Å². The number of amides is 2. The van der Waals surface area contributed by atoms with Gasteiger partial charge in [0.05, 0.1) is 0 Å². The molecular weight excluding hydrogens is 242 g/mol. The van der Waals surface area contributed by atoms with Crippen molar-refractivity contribution < 1.29 is 9.59 Å². The molecule has 2 amide bonds. The van der Waals surface area contributed by atoms with Crippen molar-refractivity contribution in [2.45, 2.75) is 33.9 Å². The molecule has 1 heterocycles. The molecule has 0 aromatic heterocycles. The van der Waals surface area contributed by atoms with E-state index in [4.69, 9.17) is 0 Å². The highest BCUT2D eigenvalue weighted by molar-refractivity contribution is 6.11. The van der Waals surface area contributed by atoms with Crippen LogP contribution in [0.3, 0.4) is 0 Å². The number of anilines is 1. The summed E-state index contributed by atoms with van der Waals surface area (Å²) in [6, 6.07) is 7.40. The molecule has 0 bridgehead atoms. The van der Waals surface area contributed by atoms with E-state index in [1.807, 2.05) is 45.0 Å². The fourth-order valence-corrected chi connectivity index (χ4v) is 1.72. The normalized spacial score (nSPS) is 16.9. The lowest BCUT2D eigenvalue weighted by atomic mass is 10.1. The van der Waals surface area contributed by atoms with Gasteiger partial charge in [0.2, 0.25) is 12.1 Å². The number of benzene rings is 1. The average molecular weight is 261 g/mol. The molecule has 5 nitrogen and oxygen atoms in total. The molecule has 1 atom stereocenters. The van der Waals surface area contributed by atoms with Gasteiger partial charge in [0.1, 0.15) is 0 Å². The summed E-state index contributed by atoms with van der Waals surface area (Å²) in [5, 5.41) is 5.24. The minimum atomic E-state index is -0.861. The molecule has 5 heteroatoms. The lowest BCUT2D eigenvalue weighted by molar-refractivity contribution is -0.125. The molecule has 1 unspecified atom stereocenters. The number of aliphatic imine (C=N–C) groups is 1.